The van der Waals surface area contributed by atoms with Gasteiger partial charge in [-0.2, -0.15) is 0 Å². The summed E-state index contributed by atoms with van der Waals surface area (Å²) < 4.78 is 2.29. The van der Waals surface area contributed by atoms with Crippen molar-refractivity contribution in [2.24, 2.45) is 0 Å². The number of likely N-dealkylation sites (N-methyl/N-ethyl adjacent to an activating group) is 1. The molecule has 1 amide bonds. The Labute approximate surface area is 116 Å². The van der Waals surface area contributed by atoms with Gasteiger partial charge in [-0.15, -0.1) is 0 Å². The molecule has 0 saturated heterocycles. The molecule has 4 nitrogen and oxygen atoms in total. The van der Waals surface area contributed by atoms with Crippen LogP contribution >= 0.6 is 0 Å². The normalized spacial score (nSPS) is 10.8. The molecule has 4 heteroatoms. The zero-order chi connectivity index (χ0) is 14.4. The number of aromatic nitrogens is 1. The van der Waals surface area contributed by atoms with E-state index in [-0.39, 0.29) is 5.91 Å². The summed E-state index contributed by atoms with van der Waals surface area (Å²) in [6.45, 7) is 14.2. The first-order chi connectivity index (χ1) is 9.04. The van der Waals surface area contributed by atoms with Crippen LogP contribution in [0.25, 0.3) is 0 Å². The fraction of sp³-hybridized carbons (Fsp3) is 0.667. The van der Waals surface area contributed by atoms with Gasteiger partial charge < -0.3 is 14.8 Å². The van der Waals surface area contributed by atoms with Gasteiger partial charge in [-0.1, -0.05) is 0 Å². The molecular formula is C15H27N3O. The van der Waals surface area contributed by atoms with E-state index in [1.807, 2.05) is 18.7 Å². The summed E-state index contributed by atoms with van der Waals surface area (Å²) in [4.78, 5) is 13.7. The van der Waals surface area contributed by atoms with Crippen LogP contribution in [0.1, 0.15) is 37.7 Å². The number of hydrogen-bond acceptors (Lipinski definition) is 2. The zero-order valence-electron chi connectivity index (χ0n) is 12.9. The molecule has 1 aromatic heterocycles. The van der Waals surface area contributed by atoms with Gasteiger partial charge in [0, 0.05) is 37.6 Å². The summed E-state index contributed by atoms with van der Waals surface area (Å²) in [6, 6.07) is 2.20. The molecule has 0 atom stereocenters. The van der Waals surface area contributed by atoms with Crippen molar-refractivity contribution in [3.05, 3.63) is 23.0 Å². The summed E-state index contributed by atoms with van der Waals surface area (Å²) >= 11 is 0. The summed E-state index contributed by atoms with van der Waals surface area (Å²) in [5, 5.41) is 3.25. The van der Waals surface area contributed by atoms with Crippen LogP contribution in [0.4, 0.5) is 0 Å². The van der Waals surface area contributed by atoms with Crippen molar-refractivity contribution in [2.45, 2.75) is 47.7 Å². The number of hydrogen-bond donors (Lipinski definition) is 1. The Bertz CT molecular complexity index is 419. The maximum Gasteiger partial charge on any atom is 0.236 e. The molecule has 0 radical (unpaired) electrons. The lowest BCUT2D eigenvalue weighted by Crippen LogP contribution is -2.37. The van der Waals surface area contributed by atoms with E-state index in [1.165, 1.54) is 17.0 Å². The number of nitrogens with one attached hydrogen (secondary N) is 1. The molecule has 1 aromatic rings. The van der Waals surface area contributed by atoms with Crippen LogP contribution in [0, 0.1) is 13.8 Å². The van der Waals surface area contributed by atoms with Gasteiger partial charge in [0.05, 0.1) is 6.54 Å². The first-order valence-corrected chi connectivity index (χ1v) is 7.19. The third-order valence-electron chi connectivity index (χ3n) is 3.70. The Morgan fingerprint density at radius 1 is 1.26 bits per heavy atom. The second-order valence-corrected chi connectivity index (χ2v) is 4.81. The van der Waals surface area contributed by atoms with Crippen LogP contribution in [0.2, 0.25) is 0 Å². The molecule has 19 heavy (non-hydrogen) atoms. The van der Waals surface area contributed by atoms with E-state index in [1.54, 1.807) is 0 Å². The summed E-state index contributed by atoms with van der Waals surface area (Å²) in [5.41, 5.74) is 3.86. The lowest BCUT2D eigenvalue weighted by Gasteiger charge is -2.18. The van der Waals surface area contributed by atoms with Gasteiger partial charge in [0.25, 0.3) is 0 Å². The zero-order valence-corrected chi connectivity index (χ0v) is 12.9. The van der Waals surface area contributed by atoms with Gasteiger partial charge in [-0.3, -0.25) is 4.79 Å². The molecule has 0 aliphatic carbocycles. The van der Waals surface area contributed by atoms with E-state index in [2.05, 4.69) is 36.7 Å². The van der Waals surface area contributed by atoms with Gasteiger partial charge in [-0.05, 0) is 46.2 Å². The predicted molar refractivity (Wildman–Crippen MR) is 79.2 cm³/mol. The van der Waals surface area contributed by atoms with E-state index in [9.17, 15) is 4.79 Å². The third kappa shape index (κ3) is 3.83. The monoisotopic (exact) mass is 265 g/mol. The van der Waals surface area contributed by atoms with Crippen LogP contribution in [0.5, 0.6) is 0 Å². The Balaban J connectivity index is 2.52. The van der Waals surface area contributed by atoms with E-state index in [0.717, 1.165) is 26.2 Å². The number of nitrogens with zero attached hydrogens (tertiary/aromatic N) is 2. The molecule has 108 valence electrons. The Hall–Kier alpha value is -1.29. The highest BCUT2D eigenvalue weighted by Gasteiger charge is 2.10. The Morgan fingerprint density at radius 2 is 1.89 bits per heavy atom. The molecule has 1 heterocycles. The van der Waals surface area contributed by atoms with Gasteiger partial charge in [0.2, 0.25) is 5.91 Å². The van der Waals surface area contributed by atoms with Crippen molar-refractivity contribution in [2.75, 3.05) is 19.6 Å². The average Bonchev–Trinajstić information content (AvgIpc) is 2.65. The molecular weight excluding hydrogens is 238 g/mol. The quantitative estimate of drug-likeness (QED) is 0.819. The molecule has 0 unspecified atom stereocenters. The Kier molecular flexibility index (Phi) is 6.09. The van der Waals surface area contributed by atoms with Crippen molar-refractivity contribution in [1.82, 2.24) is 14.8 Å². The largest absolute Gasteiger partial charge is 0.349 e. The third-order valence-corrected chi connectivity index (χ3v) is 3.70. The molecule has 0 bridgehead atoms. The number of carbonyl (C=O) groups excluding carboxylic acids is 1. The molecule has 0 aromatic carbocycles. The minimum atomic E-state index is 0.175. The van der Waals surface area contributed by atoms with E-state index in [0.29, 0.717) is 6.54 Å². The first-order valence-electron chi connectivity index (χ1n) is 7.19. The van der Waals surface area contributed by atoms with E-state index >= 15 is 0 Å². The van der Waals surface area contributed by atoms with Crippen LogP contribution in [-0.4, -0.2) is 35.0 Å². The van der Waals surface area contributed by atoms with Crippen LogP contribution in [0.3, 0.4) is 0 Å². The van der Waals surface area contributed by atoms with Crippen molar-refractivity contribution in [3.63, 3.8) is 0 Å². The van der Waals surface area contributed by atoms with Crippen molar-refractivity contribution >= 4 is 5.91 Å². The molecule has 0 fully saturated rings. The number of aryl methyl sites for hydroxylation is 1. The SMILES string of the molecule is CCN(CC)C(=O)CNCc1cc(C)n(CC)c1C. The minimum Gasteiger partial charge on any atom is -0.349 e. The number of amides is 1. The van der Waals surface area contributed by atoms with Gasteiger partial charge in [0.1, 0.15) is 0 Å². The highest BCUT2D eigenvalue weighted by atomic mass is 16.2. The van der Waals surface area contributed by atoms with Crippen molar-refractivity contribution < 1.29 is 4.79 Å². The van der Waals surface area contributed by atoms with Crippen LogP contribution < -0.4 is 5.32 Å². The lowest BCUT2D eigenvalue weighted by atomic mass is 10.2. The Morgan fingerprint density at radius 3 is 2.37 bits per heavy atom. The average molecular weight is 265 g/mol. The molecule has 0 spiro atoms. The smallest absolute Gasteiger partial charge is 0.236 e. The highest BCUT2D eigenvalue weighted by Crippen LogP contribution is 2.14. The first kappa shape index (κ1) is 15.8. The van der Waals surface area contributed by atoms with Gasteiger partial charge in [0.15, 0.2) is 0 Å². The predicted octanol–water partition coefficient (Wildman–Crippen LogP) is 2.08. The molecule has 1 N–H and O–H groups in total. The van der Waals surface area contributed by atoms with Gasteiger partial charge >= 0.3 is 0 Å². The number of rotatable bonds is 7. The lowest BCUT2D eigenvalue weighted by molar-refractivity contribution is -0.129. The number of carbonyl (C=O) groups is 1. The van der Waals surface area contributed by atoms with E-state index in [4.69, 9.17) is 0 Å². The summed E-state index contributed by atoms with van der Waals surface area (Å²) in [5.74, 6) is 0.175. The second kappa shape index (κ2) is 7.34. The second-order valence-electron chi connectivity index (χ2n) is 4.81. The summed E-state index contributed by atoms with van der Waals surface area (Å²) in [6.07, 6.45) is 0. The van der Waals surface area contributed by atoms with Crippen LogP contribution in [0.15, 0.2) is 6.07 Å². The van der Waals surface area contributed by atoms with Crippen molar-refractivity contribution in [3.8, 4) is 0 Å². The maximum atomic E-state index is 11.9. The fourth-order valence-corrected chi connectivity index (χ4v) is 2.53. The maximum absolute atomic E-state index is 11.9. The molecule has 0 aliphatic rings. The topological polar surface area (TPSA) is 37.3 Å². The van der Waals surface area contributed by atoms with E-state index < -0.39 is 0 Å². The van der Waals surface area contributed by atoms with Crippen LogP contribution in [-0.2, 0) is 17.9 Å². The molecule has 0 saturated carbocycles. The van der Waals surface area contributed by atoms with Gasteiger partial charge in [-0.25, -0.2) is 0 Å². The standard InChI is InChI=1S/C15H27N3O/c1-6-17(7-2)15(19)11-16-10-14-9-12(4)18(8-3)13(14)5/h9,16H,6-8,10-11H2,1-5H3. The fourth-order valence-electron chi connectivity index (χ4n) is 2.53. The molecule has 1 rings (SSSR count). The van der Waals surface area contributed by atoms with Crippen molar-refractivity contribution in [1.29, 1.82) is 0 Å². The molecule has 0 aliphatic heterocycles. The summed E-state index contributed by atoms with van der Waals surface area (Å²) in [7, 11) is 0. The highest BCUT2D eigenvalue weighted by molar-refractivity contribution is 5.78. The minimum absolute atomic E-state index is 0.175.